The number of amides is 1. The first-order chi connectivity index (χ1) is 16.3. The Kier molecular flexibility index (Phi) is 4.29. The van der Waals surface area contributed by atoms with Crippen molar-refractivity contribution in [2.45, 2.75) is 57.9 Å². The van der Waals surface area contributed by atoms with Crippen molar-refractivity contribution in [3.05, 3.63) is 61.7 Å². The first-order valence-corrected chi connectivity index (χ1v) is 11.3. The molecule has 0 spiro atoms. The third-order valence-electron chi connectivity index (χ3n) is 7.65. The largest absolute Gasteiger partial charge is 0.458 e. The van der Waals surface area contributed by atoms with Crippen LogP contribution in [0.1, 0.15) is 59.2 Å². The van der Waals surface area contributed by atoms with E-state index < -0.39 is 11.6 Å². The van der Waals surface area contributed by atoms with Crippen LogP contribution in [0.3, 0.4) is 0 Å². The number of esters is 1. The lowest BCUT2D eigenvalue weighted by atomic mass is 9.81. The third kappa shape index (κ3) is 2.50. The van der Waals surface area contributed by atoms with Crippen LogP contribution in [0.25, 0.3) is 22.3 Å². The van der Waals surface area contributed by atoms with Crippen LogP contribution in [-0.4, -0.2) is 27.0 Å². The number of aryl methyl sites for hydroxylation is 1. The molecular formula is C25H22FN3O5. The average molecular weight is 463 g/mol. The van der Waals surface area contributed by atoms with Gasteiger partial charge >= 0.3 is 5.97 Å². The molecule has 3 aliphatic rings. The zero-order valence-corrected chi connectivity index (χ0v) is 18.7. The van der Waals surface area contributed by atoms with Crippen LogP contribution in [0.5, 0.6) is 0 Å². The molecule has 0 saturated carbocycles. The normalized spacial score (nSPS) is 22.1. The van der Waals surface area contributed by atoms with Gasteiger partial charge in [-0.3, -0.25) is 9.59 Å². The molecule has 1 aromatic carbocycles. The second kappa shape index (κ2) is 6.96. The minimum atomic E-state index is -1.92. The van der Waals surface area contributed by atoms with Crippen LogP contribution in [0.15, 0.2) is 16.9 Å². The van der Waals surface area contributed by atoms with Gasteiger partial charge in [-0.15, -0.1) is 0 Å². The number of cyclic esters (lactones) is 1. The highest BCUT2D eigenvalue weighted by Gasteiger charge is 2.45. The van der Waals surface area contributed by atoms with Gasteiger partial charge in [-0.2, -0.15) is 0 Å². The molecule has 6 rings (SSSR count). The van der Waals surface area contributed by atoms with E-state index in [-0.39, 0.29) is 48.1 Å². The van der Waals surface area contributed by atoms with Gasteiger partial charge in [0.15, 0.2) is 5.60 Å². The topological polar surface area (TPSA) is 111 Å². The second-order valence-corrected chi connectivity index (χ2v) is 9.19. The van der Waals surface area contributed by atoms with Gasteiger partial charge in [0.05, 0.1) is 35.1 Å². The SMILES string of the molecule is CCC1(O)C(=O)OCc2c1cc1n(c2=O)Cc2c-1nc1cc(F)c(C)c3c1c2[C@H](NC=O)CC3. The number of carbonyl (C=O) groups is 2. The summed E-state index contributed by atoms with van der Waals surface area (Å²) in [7, 11) is 0. The molecule has 1 amide bonds. The van der Waals surface area contributed by atoms with E-state index in [0.717, 1.165) is 22.1 Å². The summed E-state index contributed by atoms with van der Waals surface area (Å²) in [6.45, 7) is 3.40. The lowest BCUT2D eigenvalue weighted by Crippen LogP contribution is -2.44. The molecule has 2 aliphatic heterocycles. The lowest BCUT2D eigenvalue weighted by molar-refractivity contribution is -0.172. The number of benzene rings is 1. The highest BCUT2D eigenvalue weighted by molar-refractivity contribution is 5.93. The average Bonchev–Trinajstić information content (AvgIpc) is 3.19. The van der Waals surface area contributed by atoms with Gasteiger partial charge in [0.25, 0.3) is 5.56 Å². The fraction of sp³-hybridized carbons (Fsp3) is 0.360. The van der Waals surface area contributed by atoms with Crippen molar-refractivity contribution >= 4 is 23.3 Å². The van der Waals surface area contributed by atoms with Crippen LogP contribution in [0.4, 0.5) is 4.39 Å². The summed E-state index contributed by atoms with van der Waals surface area (Å²) >= 11 is 0. The number of nitrogens with zero attached hydrogens (tertiary/aromatic N) is 2. The smallest absolute Gasteiger partial charge is 0.343 e. The number of rotatable bonds is 3. The van der Waals surface area contributed by atoms with Crippen LogP contribution in [0, 0.1) is 12.7 Å². The first-order valence-electron chi connectivity index (χ1n) is 11.3. The molecule has 2 N–H and O–H groups in total. The molecule has 1 aliphatic carbocycles. The Morgan fingerprint density at radius 2 is 2.12 bits per heavy atom. The van der Waals surface area contributed by atoms with Gasteiger partial charge in [-0.05, 0) is 48.9 Å². The van der Waals surface area contributed by atoms with Crippen LogP contribution >= 0.6 is 0 Å². The summed E-state index contributed by atoms with van der Waals surface area (Å²) in [6, 6.07) is 2.72. The number of aliphatic hydroxyl groups is 1. The quantitative estimate of drug-likeness (QED) is 0.356. The summed E-state index contributed by atoms with van der Waals surface area (Å²) in [5.74, 6) is -1.14. The molecule has 2 aromatic heterocycles. The maximum Gasteiger partial charge on any atom is 0.343 e. The number of aromatic nitrogens is 2. The molecular weight excluding hydrogens is 441 g/mol. The van der Waals surface area contributed by atoms with E-state index in [4.69, 9.17) is 9.72 Å². The molecule has 4 heterocycles. The Balaban J connectivity index is 1.69. The molecule has 0 radical (unpaired) electrons. The number of ether oxygens (including phenoxy) is 1. The molecule has 34 heavy (non-hydrogen) atoms. The fourth-order valence-electron chi connectivity index (χ4n) is 5.80. The molecule has 174 valence electrons. The summed E-state index contributed by atoms with van der Waals surface area (Å²) < 4.78 is 21.5. The third-order valence-corrected chi connectivity index (χ3v) is 7.65. The zero-order chi connectivity index (χ0) is 23.9. The predicted octanol–water partition coefficient (Wildman–Crippen LogP) is 2.26. The highest BCUT2D eigenvalue weighted by Crippen LogP contribution is 2.45. The summed E-state index contributed by atoms with van der Waals surface area (Å²) in [6.07, 6.45) is 1.90. The Labute approximate surface area is 193 Å². The molecule has 1 unspecified atom stereocenters. The molecule has 9 heteroatoms. The van der Waals surface area contributed by atoms with Crippen molar-refractivity contribution in [2.24, 2.45) is 0 Å². The molecule has 0 fully saturated rings. The monoisotopic (exact) mass is 463 g/mol. The van der Waals surface area contributed by atoms with Crippen molar-refractivity contribution in [3.63, 3.8) is 0 Å². The van der Waals surface area contributed by atoms with Crippen molar-refractivity contribution in [1.82, 2.24) is 14.9 Å². The highest BCUT2D eigenvalue weighted by atomic mass is 19.1. The molecule has 0 saturated heterocycles. The fourth-order valence-corrected chi connectivity index (χ4v) is 5.80. The van der Waals surface area contributed by atoms with E-state index in [1.165, 1.54) is 6.07 Å². The maximum absolute atomic E-state index is 14.8. The summed E-state index contributed by atoms with van der Waals surface area (Å²) in [4.78, 5) is 42.0. The maximum atomic E-state index is 14.8. The standard InChI is InChI=1S/C25H22FN3O5/c1-3-25(33)15-6-19-22-13(8-29(19)23(31)14(15)9-34-24(25)32)21-17(27-10-30)5-4-12-11(2)16(26)7-18(28-22)20(12)21/h6-7,10,17,33H,3-5,8-9H2,1-2H3,(H,27,30)/t17-,25?/m1/s1. The van der Waals surface area contributed by atoms with Gasteiger partial charge in [0.2, 0.25) is 6.41 Å². The van der Waals surface area contributed by atoms with Gasteiger partial charge in [-0.25, -0.2) is 14.2 Å². The molecule has 0 bridgehead atoms. The van der Waals surface area contributed by atoms with Gasteiger partial charge < -0.3 is 19.7 Å². The predicted molar refractivity (Wildman–Crippen MR) is 119 cm³/mol. The minimum absolute atomic E-state index is 0.0458. The van der Waals surface area contributed by atoms with Gasteiger partial charge in [0.1, 0.15) is 12.4 Å². The number of carbonyl (C=O) groups excluding carboxylic acids is 2. The van der Waals surface area contributed by atoms with E-state index >= 15 is 0 Å². The zero-order valence-electron chi connectivity index (χ0n) is 18.7. The van der Waals surface area contributed by atoms with Gasteiger partial charge in [-0.1, -0.05) is 6.92 Å². The number of nitrogens with one attached hydrogen (secondary N) is 1. The van der Waals surface area contributed by atoms with Crippen molar-refractivity contribution in [3.8, 4) is 11.4 Å². The Hall–Kier alpha value is -3.59. The number of hydrogen-bond donors (Lipinski definition) is 2. The number of fused-ring (bicyclic) bond motifs is 5. The Morgan fingerprint density at radius 1 is 1.32 bits per heavy atom. The van der Waals surface area contributed by atoms with Gasteiger partial charge in [0, 0.05) is 22.6 Å². The molecule has 2 atom stereocenters. The van der Waals surface area contributed by atoms with Crippen LogP contribution in [-0.2, 0) is 39.5 Å². The minimum Gasteiger partial charge on any atom is -0.458 e. The van der Waals surface area contributed by atoms with E-state index in [0.29, 0.717) is 41.7 Å². The Bertz CT molecular complexity index is 1510. The van der Waals surface area contributed by atoms with Crippen molar-refractivity contribution < 1.29 is 23.8 Å². The van der Waals surface area contributed by atoms with E-state index in [1.54, 1.807) is 24.5 Å². The van der Waals surface area contributed by atoms with E-state index in [9.17, 15) is 23.9 Å². The summed E-state index contributed by atoms with van der Waals surface area (Å²) in [5.41, 5.74) is 2.64. The summed E-state index contributed by atoms with van der Waals surface area (Å²) in [5, 5.41) is 14.8. The van der Waals surface area contributed by atoms with E-state index in [2.05, 4.69) is 5.32 Å². The second-order valence-electron chi connectivity index (χ2n) is 9.19. The van der Waals surface area contributed by atoms with Crippen LogP contribution < -0.4 is 10.9 Å². The van der Waals surface area contributed by atoms with Crippen molar-refractivity contribution in [1.29, 1.82) is 0 Å². The first kappa shape index (κ1) is 21.0. The molecule has 3 aromatic rings. The number of halogens is 1. The van der Waals surface area contributed by atoms with E-state index in [1.807, 2.05) is 0 Å². The number of hydrogen-bond acceptors (Lipinski definition) is 6. The van der Waals surface area contributed by atoms with Crippen molar-refractivity contribution in [2.75, 3.05) is 0 Å². The molecule has 8 nitrogen and oxygen atoms in total. The van der Waals surface area contributed by atoms with Crippen LogP contribution in [0.2, 0.25) is 0 Å². The Morgan fingerprint density at radius 3 is 2.85 bits per heavy atom. The number of pyridine rings is 2. The lowest BCUT2D eigenvalue weighted by Gasteiger charge is -2.31.